The van der Waals surface area contributed by atoms with E-state index in [-0.39, 0.29) is 5.78 Å². The molecular formula is C14H21NO2. The van der Waals surface area contributed by atoms with E-state index in [0.29, 0.717) is 6.42 Å². The molecule has 2 N–H and O–H groups in total. The summed E-state index contributed by atoms with van der Waals surface area (Å²) in [4.78, 5) is 12.1. The number of hydrogen-bond donors (Lipinski definition) is 1. The van der Waals surface area contributed by atoms with Gasteiger partial charge in [0.15, 0.2) is 5.78 Å². The topological polar surface area (TPSA) is 52.3 Å². The largest absolute Gasteiger partial charge is 0.496 e. The lowest BCUT2D eigenvalue weighted by molar-refractivity contribution is 0.0959. The zero-order valence-electron chi connectivity index (χ0n) is 11.3. The van der Waals surface area contributed by atoms with Gasteiger partial charge >= 0.3 is 0 Å². The summed E-state index contributed by atoms with van der Waals surface area (Å²) in [5.74, 6) is 0.895. The summed E-state index contributed by atoms with van der Waals surface area (Å²) in [5, 5.41) is 0. The zero-order valence-corrected chi connectivity index (χ0v) is 11.3. The van der Waals surface area contributed by atoms with Gasteiger partial charge in [0.05, 0.1) is 7.11 Å². The van der Waals surface area contributed by atoms with Crippen molar-refractivity contribution in [3.8, 4) is 5.75 Å². The van der Waals surface area contributed by atoms with E-state index in [9.17, 15) is 4.79 Å². The molecule has 94 valence electrons. The van der Waals surface area contributed by atoms with Crippen molar-refractivity contribution in [3.05, 3.63) is 28.8 Å². The first-order valence-electron chi connectivity index (χ1n) is 5.72. The second-order valence-corrected chi connectivity index (χ2v) is 5.15. The Morgan fingerprint density at radius 1 is 1.29 bits per heavy atom. The lowest BCUT2D eigenvalue weighted by Gasteiger charge is -2.18. The van der Waals surface area contributed by atoms with Crippen LogP contribution in [0.1, 0.15) is 41.8 Å². The first-order chi connectivity index (χ1) is 7.76. The van der Waals surface area contributed by atoms with E-state index >= 15 is 0 Å². The molecule has 0 amide bonds. The third-order valence-electron chi connectivity index (χ3n) is 2.87. The monoisotopic (exact) mass is 235 g/mol. The molecule has 0 radical (unpaired) electrons. The van der Waals surface area contributed by atoms with Crippen molar-refractivity contribution in [1.29, 1.82) is 0 Å². The van der Waals surface area contributed by atoms with Crippen LogP contribution in [0.4, 0.5) is 0 Å². The molecule has 1 aromatic rings. The van der Waals surface area contributed by atoms with Crippen LogP contribution in [0.25, 0.3) is 0 Å². The van der Waals surface area contributed by atoms with Crippen molar-refractivity contribution in [3.63, 3.8) is 0 Å². The Bertz CT molecular complexity index is 431. The van der Waals surface area contributed by atoms with Crippen LogP contribution in [0, 0.1) is 13.8 Å². The van der Waals surface area contributed by atoms with Crippen molar-refractivity contribution in [2.75, 3.05) is 7.11 Å². The van der Waals surface area contributed by atoms with E-state index < -0.39 is 5.54 Å². The third-order valence-corrected chi connectivity index (χ3v) is 2.87. The standard InChI is InChI=1S/C14H21NO2/c1-9-10(2)13(17-5)7-6-11(9)12(16)8-14(3,4)15/h6-7H,8,15H2,1-5H3. The lowest BCUT2D eigenvalue weighted by Crippen LogP contribution is -2.34. The molecule has 0 aliphatic heterocycles. The van der Waals surface area contributed by atoms with Gasteiger partial charge in [0.25, 0.3) is 0 Å². The Morgan fingerprint density at radius 3 is 2.35 bits per heavy atom. The van der Waals surface area contributed by atoms with E-state index in [1.807, 2.05) is 39.8 Å². The summed E-state index contributed by atoms with van der Waals surface area (Å²) in [5.41, 5.74) is 8.11. The zero-order chi connectivity index (χ0) is 13.2. The Balaban J connectivity index is 3.08. The van der Waals surface area contributed by atoms with Gasteiger partial charge in [-0.1, -0.05) is 0 Å². The van der Waals surface area contributed by atoms with Crippen LogP contribution in [-0.2, 0) is 0 Å². The van der Waals surface area contributed by atoms with Crippen LogP contribution in [0.5, 0.6) is 5.75 Å². The number of hydrogen-bond acceptors (Lipinski definition) is 3. The quantitative estimate of drug-likeness (QED) is 0.816. The molecule has 17 heavy (non-hydrogen) atoms. The van der Waals surface area contributed by atoms with Crippen LogP contribution < -0.4 is 10.5 Å². The number of carbonyl (C=O) groups excluding carboxylic acids is 1. The first kappa shape index (κ1) is 13.7. The average Bonchev–Trinajstić information content (AvgIpc) is 2.19. The molecule has 0 aromatic heterocycles. The number of ether oxygens (including phenoxy) is 1. The lowest BCUT2D eigenvalue weighted by atomic mass is 9.91. The third kappa shape index (κ3) is 3.30. The number of ketones is 1. The van der Waals surface area contributed by atoms with Gasteiger partial charge in [-0.05, 0) is 51.0 Å². The second-order valence-electron chi connectivity index (χ2n) is 5.15. The molecule has 0 saturated carbocycles. The number of nitrogens with two attached hydrogens (primary N) is 1. The predicted octanol–water partition coefficient (Wildman–Crippen LogP) is 2.62. The summed E-state index contributed by atoms with van der Waals surface area (Å²) in [6.07, 6.45) is 0.347. The van der Waals surface area contributed by atoms with E-state index in [1.165, 1.54) is 0 Å². The van der Waals surface area contributed by atoms with Gasteiger partial charge in [-0.15, -0.1) is 0 Å². The highest BCUT2D eigenvalue weighted by Gasteiger charge is 2.20. The van der Waals surface area contributed by atoms with Gasteiger partial charge in [0, 0.05) is 17.5 Å². The number of carbonyl (C=O) groups is 1. The van der Waals surface area contributed by atoms with E-state index in [1.54, 1.807) is 7.11 Å². The highest BCUT2D eigenvalue weighted by Crippen LogP contribution is 2.25. The summed E-state index contributed by atoms with van der Waals surface area (Å²) >= 11 is 0. The average molecular weight is 235 g/mol. The molecule has 0 fully saturated rings. The fraction of sp³-hybridized carbons (Fsp3) is 0.500. The molecule has 0 atom stereocenters. The summed E-state index contributed by atoms with van der Waals surface area (Å²) < 4.78 is 5.23. The minimum Gasteiger partial charge on any atom is -0.496 e. The van der Waals surface area contributed by atoms with Crippen molar-refractivity contribution in [2.45, 2.75) is 39.7 Å². The Hall–Kier alpha value is -1.35. The van der Waals surface area contributed by atoms with Gasteiger partial charge in [-0.2, -0.15) is 0 Å². The minimum atomic E-state index is -0.475. The molecule has 0 aliphatic carbocycles. The molecule has 0 aliphatic rings. The van der Waals surface area contributed by atoms with Crippen molar-refractivity contribution < 1.29 is 9.53 Å². The molecule has 0 unspecified atom stereocenters. The molecule has 0 heterocycles. The van der Waals surface area contributed by atoms with Crippen LogP contribution in [-0.4, -0.2) is 18.4 Å². The fourth-order valence-electron chi connectivity index (χ4n) is 1.83. The summed E-state index contributed by atoms with van der Waals surface area (Å²) in [6, 6.07) is 3.65. The van der Waals surface area contributed by atoms with E-state index in [0.717, 1.165) is 22.4 Å². The highest BCUT2D eigenvalue weighted by atomic mass is 16.5. The molecular weight excluding hydrogens is 214 g/mol. The van der Waals surface area contributed by atoms with E-state index in [2.05, 4.69) is 0 Å². The maximum Gasteiger partial charge on any atom is 0.164 e. The smallest absolute Gasteiger partial charge is 0.164 e. The number of rotatable bonds is 4. The number of Topliss-reactive ketones (excluding diaryl/α,β-unsaturated/α-hetero) is 1. The Labute approximate surface area is 103 Å². The normalized spacial score (nSPS) is 11.4. The fourth-order valence-corrected chi connectivity index (χ4v) is 1.83. The van der Waals surface area contributed by atoms with Gasteiger partial charge < -0.3 is 10.5 Å². The number of benzene rings is 1. The molecule has 1 rings (SSSR count). The van der Waals surface area contributed by atoms with Gasteiger partial charge in [-0.3, -0.25) is 4.79 Å². The Morgan fingerprint density at radius 2 is 1.88 bits per heavy atom. The molecule has 3 nitrogen and oxygen atoms in total. The molecule has 3 heteroatoms. The summed E-state index contributed by atoms with van der Waals surface area (Å²) in [6.45, 7) is 7.61. The minimum absolute atomic E-state index is 0.0840. The molecule has 0 saturated heterocycles. The maximum absolute atomic E-state index is 12.1. The molecule has 1 aromatic carbocycles. The van der Waals surface area contributed by atoms with Crippen LogP contribution in [0.3, 0.4) is 0 Å². The summed E-state index contributed by atoms with van der Waals surface area (Å²) in [7, 11) is 1.63. The Kier molecular flexibility index (Phi) is 3.94. The SMILES string of the molecule is COc1ccc(C(=O)CC(C)(C)N)c(C)c1C. The maximum atomic E-state index is 12.1. The predicted molar refractivity (Wildman–Crippen MR) is 69.7 cm³/mol. The molecule has 0 spiro atoms. The second kappa shape index (κ2) is 4.88. The van der Waals surface area contributed by atoms with Gasteiger partial charge in [-0.25, -0.2) is 0 Å². The van der Waals surface area contributed by atoms with Crippen molar-refractivity contribution in [1.82, 2.24) is 0 Å². The van der Waals surface area contributed by atoms with E-state index in [4.69, 9.17) is 10.5 Å². The van der Waals surface area contributed by atoms with Gasteiger partial charge in [0.1, 0.15) is 5.75 Å². The first-order valence-corrected chi connectivity index (χ1v) is 5.72. The van der Waals surface area contributed by atoms with Crippen molar-refractivity contribution in [2.24, 2.45) is 5.73 Å². The van der Waals surface area contributed by atoms with Crippen LogP contribution in [0.2, 0.25) is 0 Å². The highest BCUT2D eigenvalue weighted by molar-refractivity contribution is 5.98. The van der Waals surface area contributed by atoms with Gasteiger partial charge in [0.2, 0.25) is 0 Å². The molecule has 0 bridgehead atoms. The number of methoxy groups -OCH3 is 1. The van der Waals surface area contributed by atoms with Crippen LogP contribution in [0.15, 0.2) is 12.1 Å². The van der Waals surface area contributed by atoms with Crippen LogP contribution >= 0.6 is 0 Å². The van der Waals surface area contributed by atoms with Crippen molar-refractivity contribution >= 4 is 5.78 Å².